The van der Waals surface area contributed by atoms with E-state index in [2.05, 4.69) is 18.7 Å². The normalized spacial score (nSPS) is 10.4. The molecule has 90 valence electrons. The molecule has 0 fully saturated rings. The zero-order valence-corrected chi connectivity index (χ0v) is 10.3. The molecule has 0 amide bonds. The van der Waals surface area contributed by atoms with Crippen LogP contribution in [0.4, 0.5) is 0 Å². The summed E-state index contributed by atoms with van der Waals surface area (Å²) in [5.41, 5.74) is 2.19. The van der Waals surface area contributed by atoms with Gasteiger partial charge in [-0.15, -0.1) is 0 Å². The van der Waals surface area contributed by atoms with Crippen LogP contribution < -0.4 is 0 Å². The molecule has 2 aromatic rings. The molecule has 0 spiro atoms. The number of ether oxygens (including phenoxy) is 1. The molecule has 0 radical (unpaired) electrons. The van der Waals surface area contributed by atoms with E-state index in [-0.39, 0.29) is 0 Å². The lowest BCUT2D eigenvalue weighted by Gasteiger charge is -2.06. The van der Waals surface area contributed by atoms with E-state index in [0.717, 1.165) is 5.56 Å². The fraction of sp³-hybridized carbons (Fsp3) is 0.0588. The first kappa shape index (κ1) is 12.2. The Kier molecular flexibility index (Phi) is 4.37. The molecule has 0 aliphatic heterocycles. The molecule has 0 aliphatic rings. The minimum absolute atomic E-state index is 0.530. The predicted molar refractivity (Wildman–Crippen MR) is 76.9 cm³/mol. The molecular weight excluding hydrogens is 220 g/mol. The fourth-order valence-electron chi connectivity index (χ4n) is 1.60. The predicted octanol–water partition coefficient (Wildman–Crippen LogP) is 4.39. The van der Waals surface area contributed by atoms with Crippen LogP contribution in [-0.4, -0.2) is 6.61 Å². The van der Waals surface area contributed by atoms with Crippen molar-refractivity contribution >= 4 is 11.8 Å². The standard InChI is InChI=1S/C17H16O/c1-15(17-12-6-3-7-13-17)18-14-8-11-16-9-4-2-5-10-16/h2-13H,1,14H2/b11-8+. The molecule has 0 N–H and O–H groups in total. The highest BCUT2D eigenvalue weighted by molar-refractivity contribution is 5.57. The second-order valence-electron chi connectivity index (χ2n) is 3.91. The summed E-state index contributed by atoms with van der Waals surface area (Å²) in [6.45, 7) is 4.44. The third kappa shape index (κ3) is 3.63. The third-order valence-corrected chi connectivity index (χ3v) is 2.56. The average molecular weight is 236 g/mol. The number of hydrogen-bond donors (Lipinski definition) is 0. The third-order valence-electron chi connectivity index (χ3n) is 2.56. The molecule has 0 saturated heterocycles. The Bertz CT molecular complexity index is 512. The van der Waals surface area contributed by atoms with Crippen molar-refractivity contribution in [2.45, 2.75) is 0 Å². The molecule has 0 heterocycles. The van der Waals surface area contributed by atoms with Gasteiger partial charge in [-0.3, -0.25) is 0 Å². The first-order valence-corrected chi connectivity index (χ1v) is 5.95. The molecule has 0 saturated carbocycles. The summed E-state index contributed by atoms with van der Waals surface area (Å²) in [5, 5.41) is 0. The van der Waals surface area contributed by atoms with Gasteiger partial charge in [-0.1, -0.05) is 73.3 Å². The summed E-state index contributed by atoms with van der Waals surface area (Å²) in [4.78, 5) is 0. The summed E-state index contributed by atoms with van der Waals surface area (Å²) < 4.78 is 5.57. The topological polar surface area (TPSA) is 9.23 Å². The van der Waals surface area contributed by atoms with Crippen LogP contribution in [-0.2, 0) is 4.74 Å². The van der Waals surface area contributed by atoms with Crippen LogP contribution in [0.1, 0.15) is 11.1 Å². The first-order chi connectivity index (χ1) is 8.86. The van der Waals surface area contributed by atoms with Gasteiger partial charge in [0.25, 0.3) is 0 Å². The smallest absolute Gasteiger partial charge is 0.119 e. The molecule has 0 atom stereocenters. The quantitative estimate of drug-likeness (QED) is 0.700. The zero-order valence-electron chi connectivity index (χ0n) is 10.3. The van der Waals surface area contributed by atoms with Gasteiger partial charge in [0.2, 0.25) is 0 Å². The van der Waals surface area contributed by atoms with Crippen molar-refractivity contribution in [1.29, 1.82) is 0 Å². The molecule has 2 rings (SSSR count). The molecule has 18 heavy (non-hydrogen) atoms. The van der Waals surface area contributed by atoms with Crippen LogP contribution in [0, 0.1) is 0 Å². The molecule has 1 heteroatoms. The summed E-state index contributed by atoms with van der Waals surface area (Å²) in [5.74, 6) is 0.702. The van der Waals surface area contributed by atoms with E-state index in [9.17, 15) is 0 Å². The fourth-order valence-corrected chi connectivity index (χ4v) is 1.60. The van der Waals surface area contributed by atoms with Gasteiger partial charge in [-0.05, 0) is 11.6 Å². The van der Waals surface area contributed by atoms with Crippen molar-refractivity contribution in [3.63, 3.8) is 0 Å². The van der Waals surface area contributed by atoms with Gasteiger partial charge in [0.05, 0.1) is 0 Å². The first-order valence-electron chi connectivity index (χ1n) is 5.95. The van der Waals surface area contributed by atoms with Crippen LogP contribution in [0.2, 0.25) is 0 Å². The van der Waals surface area contributed by atoms with Crippen LogP contribution >= 0.6 is 0 Å². The maximum Gasteiger partial charge on any atom is 0.119 e. The monoisotopic (exact) mass is 236 g/mol. The maximum atomic E-state index is 5.57. The van der Waals surface area contributed by atoms with E-state index in [1.165, 1.54) is 5.56 Å². The minimum Gasteiger partial charge on any atom is -0.490 e. The second-order valence-corrected chi connectivity index (χ2v) is 3.91. The molecule has 1 nitrogen and oxygen atoms in total. The van der Waals surface area contributed by atoms with Crippen molar-refractivity contribution < 1.29 is 4.74 Å². The van der Waals surface area contributed by atoms with Gasteiger partial charge in [-0.25, -0.2) is 0 Å². The lowest BCUT2D eigenvalue weighted by molar-refractivity contribution is 0.321. The van der Waals surface area contributed by atoms with E-state index in [1.54, 1.807) is 0 Å². The highest BCUT2D eigenvalue weighted by Crippen LogP contribution is 2.12. The van der Waals surface area contributed by atoms with Gasteiger partial charge >= 0.3 is 0 Å². The van der Waals surface area contributed by atoms with Gasteiger partial charge in [0, 0.05) is 5.56 Å². The average Bonchev–Trinajstić information content (AvgIpc) is 2.45. The molecular formula is C17H16O. The second kappa shape index (κ2) is 6.45. The van der Waals surface area contributed by atoms with E-state index in [1.807, 2.05) is 60.7 Å². The van der Waals surface area contributed by atoms with Gasteiger partial charge < -0.3 is 4.74 Å². The van der Waals surface area contributed by atoms with E-state index < -0.39 is 0 Å². The van der Waals surface area contributed by atoms with Crippen molar-refractivity contribution in [2.75, 3.05) is 6.61 Å². The van der Waals surface area contributed by atoms with E-state index in [0.29, 0.717) is 12.4 Å². The van der Waals surface area contributed by atoms with E-state index >= 15 is 0 Å². The Morgan fingerprint density at radius 2 is 1.56 bits per heavy atom. The van der Waals surface area contributed by atoms with Crippen molar-refractivity contribution in [2.24, 2.45) is 0 Å². The molecule has 2 aromatic carbocycles. The Morgan fingerprint density at radius 1 is 0.944 bits per heavy atom. The number of benzene rings is 2. The Morgan fingerprint density at radius 3 is 2.22 bits per heavy atom. The van der Waals surface area contributed by atoms with Gasteiger partial charge in [-0.2, -0.15) is 0 Å². The summed E-state index contributed by atoms with van der Waals surface area (Å²) >= 11 is 0. The van der Waals surface area contributed by atoms with Crippen LogP contribution in [0.25, 0.3) is 11.8 Å². The summed E-state index contributed by atoms with van der Waals surface area (Å²) in [7, 11) is 0. The van der Waals surface area contributed by atoms with E-state index in [4.69, 9.17) is 4.74 Å². The lowest BCUT2D eigenvalue weighted by atomic mass is 10.2. The molecule has 0 aromatic heterocycles. The Balaban J connectivity index is 1.83. The Hall–Kier alpha value is -2.28. The summed E-state index contributed by atoms with van der Waals surface area (Å²) in [6.07, 6.45) is 4.03. The van der Waals surface area contributed by atoms with Crippen molar-refractivity contribution in [3.8, 4) is 0 Å². The maximum absolute atomic E-state index is 5.57. The van der Waals surface area contributed by atoms with Crippen LogP contribution in [0.5, 0.6) is 0 Å². The highest BCUT2D eigenvalue weighted by atomic mass is 16.5. The van der Waals surface area contributed by atoms with Crippen LogP contribution in [0.15, 0.2) is 73.3 Å². The van der Waals surface area contributed by atoms with Gasteiger partial charge in [0.1, 0.15) is 12.4 Å². The molecule has 0 aliphatic carbocycles. The number of rotatable bonds is 5. The minimum atomic E-state index is 0.530. The highest BCUT2D eigenvalue weighted by Gasteiger charge is 1.96. The molecule has 0 unspecified atom stereocenters. The Labute approximate surface area is 108 Å². The number of hydrogen-bond acceptors (Lipinski definition) is 1. The lowest BCUT2D eigenvalue weighted by Crippen LogP contribution is -1.90. The molecule has 0 bridgehead atoms. The van der Waals surface area contributed by atoms with Crippen molar-refractivity contribution in [1.82, 2.24) is 0 Å². The largest absolute Gasteiger partial charge is 0.490 e. The SMILES string of the molecule is C=C(OC/C=C/c1ccccc1)c1ccccc1. The van der Waals surface area contributed by atoms with Crippen LogP contribution in [0.3, 0.4) is 0 Å². The van der Waals surface area contributed by atoms with Crippen molar-refractivity contribution in [3.05, 3.63) is 84.4 Å². The van der Waals surface area contributed by atoms with Gasteiger partial charge in [0.15, 0.2) is 0 Å². The zero-order chi connectivity index (χ0) is 12.6. The summed E-state index contributed by atoms with van der Waals surface area (Å²) in [6, 6.07) is 20.1.